The van der Waals surface area contributed by atoms with Crippen LogP contribution in [-0.4, -0.2) is 19.2 Å². The fourth-order valence-electron chi connectivity index (χ4n) is 1.88. The SMILES string of the molecule is O=C(NCC1CCC1)OCCc1ccccc1. The Hall–Kier alpha value is -1.51. The summed E-state index contributed by atoms with van der Waals surface area (Å²) in [6, 6.07) is 10.0. The number of nitrogens with one attached hydrogen (secondary N) is 1. The van der Waals surface area contributed by atoms with Crippen molar-refractivity contribution >= 4 is 6.09 Å². The van der Waals surface area contributed by atoms with Crippen molar-refractivity contribution in [3.63, 3.8) is 0 Å². The van der Waals surface area contributed by atoms with Gasteiger partial charge in [-0.3, -0.25) is 0 Å². The van der Waals surface area contributed by atoms with Crippen LogP contribution in [0.25, 0.3) is 0 Å². The Bertz CT molecular complexity index is 346. The first-order chi connectivity index (χ1) is 8.34. The van der Waals surface area contributed by atoms with E-state index in [9.17, 15) is 4.79 Å². The molecule has 0 bridgehead atoms. The van der Waals surface area contributed by atoms with Crippen molar-refractivity contribution in [3.8, 4) is 0 Å². The quantitative estimate of drug-likeness (QED) is 0.849. The number of carbonyl (C=O) groups is 1. The zero-order valence-electron chi connectivity index (χ0n) is 10.0. The van der Waals surface area contributed by atoms with Crippen LogP contribution >= 0.6 is 0 Å². The molecular weight excluding hydrogens is 214 g/mol. The third-order valence-corrected chi connectivity index (χ3v) is 3.23. The predicted octanol–water partition coefficient (Wildman–Crippen LogP) is 2.76. The number of benzene rings is 1. The van der Waals surface area contributed by atoms with E-state index in [-0.39, 0.29) is 6.09 Å². The summed E-state index contributed by atoms with van der Waals surface area (Å²) in [5.74, 6) is 0.677. The Morgan fingerprint density at radius 3 is 2.71 bits per heavy atom. The normalized spacial score (nSPS) is 15.1. The minimum atomic E-state index is -0.284. The predicted molar refractivity (Wildman–Crippen MR) is 66.8 cm³/mol. The number of alkyl carbamates (subject to hydrolysis) is 1. The molecule has 1 N–H and O–H groups in total. The summed E-state index contributed by atoms with van der Waals surface area (Å²) in [7, 11) is 0. The Morgan fingerprint density at radius 2 is 2.06 bits per heavy atom. The third kappa shape index (κ3) is 4.10. The lowest BCUT2D eigenvalue weighted by Crippen LogP contribution is -2.32. The lowest BCUT2D eigenvalue weighted by atomic mass is 9.85. The third-order valence-electron chi connectivity index (χ3n) is 3.23. The van der Waals surface area contributed by atoms with Gasteiger partial charge in [0, 0.05) is 13.0 Å². The Balaban J connectivity index is 1.56. The summed E-state index contributed by atoms with van der Waals surface area (Å²) in [5.41, 5.74) is 1.19. The van der Waals surface area contributed by atoms with Crippen LogP contribution in [0.15, 0.2) is 30.3 Å². The molecule has 1 aromatic carbocycles. The van der Waals surface area contributed by atoms with Crippen LogP contribution in [0.4, 0.5) is 4.79 Å². The minimum Gasteiger partial charge on any atom is -0.449 e. The fourth-order valence-corrected chi connectivity index (χ4v) is 1.88. The van der Waals surface area contributed by atoms with Gasteiger partial charge >= 0.3 is 6.09 Å². The number of hydrogen-bond donors (Lipinski definition) is 1. The van der Waals surface area contributed by atoms with Crippen LogP contribution in [0.1, 0.15) is 24.8 Å². The topological polar surface area (TPSA) is 38.3 Å². The van der Waals surface area contributed by atoms with Gasteiger partial charge in [-0.25, -0.2) is 4.79 Å². The maximum Gasteiger partial charge on any atom is 0.407 e. The summed E-state index contributed by atoms with van der Waals surface area (Å²) in [6.07, 6.45) is 4.27. The molecule has 2 rings (SSSR count). The Kier molecular flexibility index (Phi) is 4.42. The van der Waals surface area contributed by atoms with Gasteiger partial charge in [-0.15, -0.1) is 0 Å². The van der Waals surface area contributed by atoms with Gasteiger partial charge in [0.2, 0.25) is 0 Å². The molecule has 1 fully saturated rings. The molecule has 1 amide bonds. The number of rotatable bonds is 5. The second-order valence-corrected chi connectivity index (χ2v) is 4.55. The van der Waals surface area contributed by atoms with Gasteiger partial charge in [0.05, 0.1) is 6.61 Å². The van der Waals surface area contributed by atoms with E-state index in [0.717, 1.165) is 13.0 Å². The maximum absolute atomic E-state index is 11.3. The van der Waals surface area contributed by atoms with Crippen LogP contribution in [0.5, 0.6) is 0 Å². The smallest absolute Gasteiger partial charge is 0.407 e. The van der Waals surface area contributed by atoms with E-state index >= 15 is 0 Å². The molecule has 0 aliphatic heterocycles. The highest BCUT2D eigenvalue weighted by atomic mass is 16.5. The first-order valence-electron chi connectivity index (χ1n) is 6.29. The lowest BCUT2D eigenvalue weighted by molar-refractivity contribution is 0.143. The lowest BCUT2D eigenvalue weighted by Gasteiger charge is -2.25. The van der Waals surface area contributed by atoms with E-state index in [1.807, 2.05) is 30.3 Å². The van der Waals surface area contributed by atoms with Crippen LogP contribution < -0.4 is 5.32 Å². The van der Waals surface area contributed by atoms with E-state index in [2.05, 4.69) is 5.32 Å². The van der Waals surface area contributed by atoms with Gasteiger partial charge in [-0.05, 0) is 24.3 Å². The van der Waals surface area contributed by atoms with Gasteiger partial charge in [0.15, 0.2) is 0 Å². The van der Waals surface area contributed by atoms with Gasteiger partial charge in [0.25, 0.3) is 0 Å². The van der Waals surface area contributed by atoms with Crippen molar-refractivity contribution in [1.82, 2.24) is 5.32 Å². The average molecular weight is 233 g/mol. The van der Waals surface area contributed by atoms with Crippen LogP contribution in [-0.2, 0) is 11.2 Å². The number of carbonyl (C=O) groups excluding carboxylic acids is 1. The van der Waals surface area contributed by atoms with E-state index in [0.29, 0.717) is 12.5 Å². The zero-order chi connectivity index (χ0) is 11.9. The Morgan fingerprint density at radius 1 is 1.29 bits per heavy atom. The van der Waals surface area contributed by atoms with Crippen molar-refractivity contribution in [3.05, 3.63) is 35.9 Å². The molecule has 1 aliphatic carbocycles. The van der Waals surface area contributed by atoms with Gasteiger partial charge in [0.1, 0.15) is 0 Å². The molecule has 92 valence electrons. The van der Waals surface area contributed by atoms with Crippen molar-refractivity contribution < 1.29 is 9.53 Å². The summed E-state index contributed by atoms with van der Waals surface area (Å²) in [5, 5.41) is 2.81. The molecule has 1 aromatic rings. The fraction of sp³-hybridized carbons (Fsp3) is 0.500. The molecule has 17 heavy (non-hydrogen) atoms. The molecule has 1 saturated carbocycles. The molecule has 0 atom stereocenters. The van der Waals surface area contributed by atoms with Crippen LogP contribution in [0, 0.1) is 5.92 Å². The van der Waals surface area contributed by atoms with Crippen molar-refractivity contribution in [2.24, 2.45) is 5.92 Å². The first-order valence-corrected chi connectivity index (χ1v) is 6.29. The molecule has 0 heterocycles. The number of hydrogen-bond acceptors (Lipinski definition) is 2. The van der Waals surface area contributed by atoms with Gasteiger partial charge in [-0.2, -0.15) is 0 Å². The highest BCUT2D eigenvalue weighted by Crippen LogP contribution is 2.25. The summed E-state index contributed by atoms with van der Waals surface area (Å²) in [6.45, 7) is 1.21. The number of ether oxygens (including phenoxy) is 1. The summed E-state index contributed by atoms with van der Waals surface area (Å²) < 4.78 is 5.11. The number of amides is 1. The highest BCUT2D eigenvalue weighted by Gasteiger charge is 2.17. The van der Waals surface area contributed by atoms with E-state index < -0.39 is 0 Å². The molecule has 0 spiro atoms. The van der Waals surface area contributed by atoms with Crippen molar-refractivity contribution in [2.45, 2.75) is 25.7 Å². The molecule has 1 aliphatic rings. The second kappa shape index (κ2) is 6.28. The molecule has 3 heteroatoms. The summed E-state index contributed by atoms with van der Waals surface area (Å²) in [4.78, 5) is 11.3. The highest BCUT2D eigenvalue weighted by molar-refractivity contribution is 5.67. The minimum absolute atomic E-state index is 0.284. The molecular formula is C14H19NO2. The average Bonchev–Trinajstić information content (AvgIpc) is 2.28. The second-order valence-electron chi connectivity index (χ2n) is 4.55. The standard InChI is InChI=1S/C14H19NO2/c16-14(15-11-13-7-4-8-13)17-10-9-12-5-2-1-3-6-12/h1-3,5-6,13H,4,7-11H2,(H,15,16). The van der Waals surface area contributed by atoms with E-state index in [4.69, 9.17) is 4.74 Å². The van der Waals surface area contributed by atoms with Gasteiger partial charge in [-0.1, -0.05) is 36.8 Å². The summed E-state index contributed by atoms with van der Waals surface area (Å²) >= 11 is 0. The van der Waals surface area contributed by atoms with E-state index in [1.165, 1.54) is 24.8 Å². The zero-order valence-corrected chi connectivity index (χ0v) is 10.0. The van der Waals surface area contributed by atoms with Crippen molar-refractivity contribution in [1.29, 1.82) is 0 Å². The molecule has 0 saturated heterocycles. The molecule has 0 unspecified atom stereocenters. The monoisotopic (exact) mass is 233 g/mol. The maximum atomic E-state index is 11.3. The largest absolute Gasteiger partial charge is 0.449 e. The molecule has 3 nitrogen and oxygen atoms in total. The van der Waals surface area contributed by atoms with Crippen LogP contribution in [0.3, 0.4) is 0 Å². The van der Waals surface area contributed by atoms with E-state index in [1.54, 1.807) is 0 Å². The van der Waals surface area contributed by atoms with Gasteiger partial charge < -0.3 is 10.1 Å². The first kappa shape index (κ1) is 12.0. The van der Waals surface area contributed by atoms with Crippen molar-refractivity contribution in [2.75, 3.05) is 13.2 Å². The molecule has 0 aromatic heterocycles. The Labute approximate surface area is 102 Å². The van der Waals surface area contributed by atoms with Crippen LogP contribution in [0.2, 0.25) is 0 Å². The molecule has 0 radical (unpaired) electrons.